The average Bonchev–Trinajstić information content (AvgIpc) is 2.59. The van der Waals surface area contributed by atoms with Crippen molar-refractivity contribution in [3.05, 3.63) is 59.2 Å². The fourth-order valence-corrected chi connectivity index (χ4v) is 2.97. The molecule has 26 heavy (non-hydrogen) atoms. The van der Waals surface area contributed by atoms with Gasteiger partial charge in [-0.05, 0) is 43.2 Å². The molecule has 1 heterocycles. The number of nitrogens with zero attached hydrogens (tertiary/aromatic N) is 2. The monoisotopic (exact) mass is 348 g/mol. The van der Waals surface area contributed by atoms with Gasteiger partial charge < -0.3 is 16.2 Å². The maximum absolute atomic E-state index is 12.7. The molecule has 0 aliphatic carbocycles. The number of fused-ring (bicyclic) bond motifs is 1. The Hall–Kier alpha value is -3.41. The number of rotatable bonds is 3. The maximum atomic E-state index is 12.7. The van der Waals surface area contributed by atoms with Gasteiger partial charge in [-0.1, -0.05) is 24.3 Å². The van der Waals surface area contributed by atoms with E-state index in [0.29, 0.717) is 27.9 Å². The van der Waals surface area contributed by atoms with Gasteiger partial charge in [-0.15, -0.1) is 0 Å². The summed E-state index contributed by atoms with van der Waals surface area (Å²) >= 11 is 0. The number of aryl methyl sites for hydroxylation is 2. The zero-order chi connectivity index (χ0) is 18.8. The van der Waals surface area contributed by atoms with Crippen molar-refractivity contribution in [1.29, 1.82) is 0 Å². The Kier molecular flexibility index (Phi) is 4.58. The van der Waals surface area contributed by atoms with Crippen LogP contribution in [-0.4, -0.2) is 24.0 Å². The van der Waals surface area contributed by atoms with E-state index >= 15 is 0 Å². The zero-order valence-corrected chi connectivity index (χ0v) is 14.9. The van der Waals surface area contributed by atoms with Crippen molar-refractivity contribution in [3.63, 3.8) is 0 Å². The molecule has 0 unspecified atom stereocenters. The number of pyridine rings is 1. The molecule has 3 aromatic rings. The second kappa shape index (κ2) is 6.84. The van der Waals surface area contributed by atoms with E-state index in [1.54, 1.807) is 13.2 Å². The minimum Gasteiger partial charge on any atom is -0.496 e. The molecule has 6 nitrogen and oxygen atoms in total. The van der Waals surface area contributed by atoms with Gasteiger partial charge in [0.2, 0.25) is 0 Å². The molecule has 1 amide bonds. The van der Waals surface area contributed by atoms with Crippen LogP contribution >= 0.6 is 0 Å². The summed E-state index contributed by atoms with van der Waals surface area (Å²) in [6.45, 7) is 3.94. The quantitative estimate of drug-likeness (QED) is 0.559. The second-order valence-electron chi connectivity index (χ2n) is 6.07. The molecule has 2 aromatic carbocycles. The molecule has 0 bridgehead atoms. The van der Waals surface area contributed by atoms with Crippen molar-refractivity contribution in [2.24, 2.45) is 16.5 Å². The summed E-state index contributed by atoms with van der Waals surface area (Å²) in [5.41, 5.74) is 15.4. The number of nitrogens with two attached hydrogens (primary N) is 2. The molecule has 0 radical (unpaired) electrons. The van der Waals surface area contributed by atoms with Crippen molar-refractivity contribution in [3.8, 4) is 17.0 Å². The molecule has 1 aromatic heterocycles. The molecule has 0 atom stereocenters. The van der Waals surface area contributed by atoms with E-state index in [4.69, 9.17) is 21.2 Å². The first kappa shape index (κ1) is 17.4. The minimum absolute atomic E-state index is 0.288. The maximum Gasteiger partial charge on any atom is 0.281 e. The molecule has 0 aliphatic heterocycles. The van der Waals surface area contributed by atoms with Gasteiger partial charge in [0, 0.05) is 5.56 Å². The highest BCUT2D eigenvalue weighted by molar-refractivity contribution is 6.12. The molecular weight excluding hydrogens is 328 g/mol. The van der Waals surface area contributed by atoms with E-state index in [1.165, 1.54) is 0 Å². The third-order valence-electron chi connectivity index (χ3n) is 4.12. The number of aromatic nitrogens is 1. The van der Waals surface area contributed by atoms with Gasteiger partial charge in [0.15, 0.2) is 5.96 Å². The van der Waals surface area contributed by atoms with E-state index in [1.807, 2.05) is 50.2 Å². The van der Waals surface area contributed by atoms with Crippen LogP contribution < -0.4 is 16.2 Å². The van der Waals surface area contributed by atoms with Gasteiger partial charge in [0.1, 0.15) is 5.75 Å². The lowest BCUT2D eigenvalue weighted by Crippen LogP contribution is -2.24. The first-order valence-corrected chi connectivity index (χ1v) is 8.10. The van der Waals surface area contributed by atoms with E-state index in [2.05, 4.69) is 4.99 Å². The molecule has 0 fully saturated rings. The SMILES string of the molecule is COc1cc(C)cc2nc(-c3ccccc3C)cc(C(=O)N=C(N)N)c12. The number of methoxy groups -OCH3 is 1. The zero-order valence-electron chi connectivity index (χ0n) is 14.9. The summed E-state index contributed by atoms with van der Waals surface area (Å²) in [5.74, 6) is -0.268. The third kappa shape index (κ3) is 3.21. The Morgan fingerprint density at radius 3 is 2.50 bits per heavy atom. The van der Waals surface area contributed by atoms with Crippen LogP contribution in [0.15, 0.2) is 47.5 Å². The molecule has 6 heteroatoms. The molecule has 0 aliphatic rings. The minimum atomic E-state index is -0.533. The normalized spacial score (nSPS) is 10.6. The van der Waals surface area contributed by atoms with E-state index in [-0.39, 0.29) is 5.96 Å². The highest BCUT2D eigenvalue weighted by atomic mass is 16.5. The summed E-state index contributed by atoms with van der Waals surface area (Å²) in [6, 6.07) is 13.3. The number of guanidine groups is 1. The lowest BCUT2D eigenvalue weighted by molar-refractivity contribution is 0.100. The summed E-state index contributed by atoms with van der Waals surface area (Å²) in [4.78, 5) is 21.1. The van der Waals surface area contributed by atoms with E-state index in [9.17, 15) is 4.79 Å². The molecule has 132 valence electrons. The van der Waals surface area contributed by atoms with Crippen LogP contribution in [-0.2, 0) is 0 Å². The lowest BCUT2D eigenvalue weighted by atomic mass is 9.99. The molecular formula is C20H20N4O2. The fraction of sp³-hybridized carbons (Fsp3) is 0.150. The van der Waals surface area contributed by atoms with Gasteiger partial charge in [-0.25, -0.2) is 4.98 Å². The van der Waals surface area contributed by atoms with Crippen LogP contribution in [0, 0.1) is 13.8 Å². The number of carbonyl (C=O) groups excluding carboxylic acids is 1. The van der Waals surface area contributed by atoms with Crippen molar-refractivity contribution >= 4 is 22.8 Å². The molecule has 3 rings (SSSR count). The van der Waals surface area contributed by atoms with Crippen LogP contribution in [0.4, 0.5) is 0 Å². The summed E-state index contributed by atoms with van der Waals surface area (Å²) in [7, 11) is 1.55. The number of aliphatic imine (C=N–C) groups is 1. The van der Waals surface area contributed by atoms with Crippen LogP contribution in [0.3, 0.4) is 0 Å². The first-order chi connectivity index (χ1) is 12.4. The Bertz CT molecular complexity index is 1040. The number of amides is 1. The highest BCUT2D eigenvalue weighted by Gasteiger charge is 2.18. The van der Waals surface area contributed by atoms with Gasteiger partial charge in [-0.3, -0.25) is 4.79 Å². The van der Waals surface area contributed by atoms with Crippen LogP contribution in [0.2, 0.25) is 0 Å². The van der Waals surface area contributed by atoms with Crippen molar-refractivity contribution < 1.29 is 9.53 Å². The number of hydrogen-bond acceptors (Lipinski definition) is 3. The van der Waals surface area contributed by atoms with Crippen molar-refractivity contribution in [2.45, 2.75) is 13.8 Å². The predicted octanol–water partition coefficient (Wildman–Crippen LogP) is 2.94. The predicted molar refractivity (Wildman–Crippen MR) is 103 cm³/mol. The van der Waals surface area contributed by atoms with Crippen molar-refractivity contribution in [1.82, 2.24) is 4.98 Å². The van der Waals surface area contributed by atoms with Crippen LogP contribution in [0.25, 0.3) is 22.2 Å². The Balaban J connectivity index is 2.39. The molecule has 0 spiro atoms. The summed E-state index contributed by atoms with van der Waals surface area (Å²) in [5, 5.41) is 0.588. The second-order valence-corrected chi connectivity index (χ2v) is 6.07. The summed E-state index contributed by atoms with van der Waals surface area (Å²) in [6.07, 6.45) is 0. The van der Waals surface area contributed by atoms with Gasteiger partial charge in [-0.2, -0.15) is 4.99 Å². The first-order valence-electron chi connectivity index (χ1n) is 8.10. The topological polar surface area (TPSA) is 104 Å². The van der Waals surface area contributed by atoms with Gasteiger partial charge in [0.05, 0.1) is 29.3 Å². The molecule has 4 N–H and O–H groups in total. The van der Waals surface area contributed by atoms with Crippen molar-refractivity contribution in [2.75, 3.05) is 7.11 Å². The van der Waals surface area contributed by atoms with Gasteiger partial charge in [0.25, 0.3) is 5.91 Å². The van der Waals surface area contributed by atoms with Crippen LogP contribution in [0.5, 0.6) is 5.75 Å². The van der Waals surface area contributed by atoms with Crippen LogP contribution in [0.1, 0.15) is 21.5 Å². The number of benzene rings is 2. The smallest absolute Gasteiger partial charge is 0.281 e. The number of hydrogen-bond donors (Lipinski definition) is 2. The van der Waals surface area contributed by atoms with E-state index in [0.717, 1.165) is 16.7 Å². The molecule has 0 saturated heterocycles. The lowest BCUT2D eigenvalue weighted by Gasteiger charge is -2.13. The highest BCUT2D eigenvalue weighted by Crippen LogP contribution is 2.33. The Labute approximate surface area is 151 Å². The Morgan fingerprint density at radius 1 is 1.12 bits per heavy atom. The number of carbonyl (C=O) groups is 1. The van der Waals surface area contributed by atoms with E-state index < -0.39 is 5.91 Å². The largest absolute Gasteiger partial charge is 0.496 e. The fourth-order valence-electron chi connectivity index (χ4n) is 2.97. The third-order valence-corrected chi connectivity index (χ3v) is 4.12. The number of ether oxygens (including phenoxy) is 1. The summed E-state index contributed by atoms with van der Waals surface area (Å²) < 4.78 is 5.47. The average molecular weight is 348 g/mol. The molecule has 0 saturated carbocycles. The van der Waals surface area contributed by atoms with Gasteiger partial charge >= 0.3 is 0 Å². The standard InChI is InChI=1S/C20H20N4O2/c1-11-8-16-18(17(9-11)26-3)14(19(25)24-20(21)22)10-15(23-16)13-7-5-4-6-12(13)2/h4-10H,1-3H3,(H4,21,22,24,25). The Morgan fingerprint density at radius 2 is 1.85 bits per heavy atom.